The van der Waals surface area contributed by atoms with E-state index in [1.54, 1.807) is 7.11 Å². The average molecular weight is 615 g/mol. The predicted octanol–water partition coefficient (Wildman–Crippen LogP) is 2.66. The number of methoxy groups -OCH3 is 1. The molecule has 3 aromatic rings. The quantitative estimate of drug-likeness (QED) is 0.207. The Morgan fingerprint density at radius 3 is 2.23 bits per heavy atom. The van der Waals surface area contributed by atoms with Crippen LogP contribution >= 0.6 is 11.6 Å². The number of fused-ring (bicyclic) bond motifs is 3. The van der Waals surface area contributed by atoms with Gasteiger partial charge in [0.05, 0.1) is 77.8 Å². The molecule has 13 heteroatoms. The molecule has 0 saturated heterocycles. The second-order valence-corrected chi connectivity index (χ2v) is 10.1. The summed E-state index contributed by atoms with van der Waals surface area (Å²) in [7, 11) is 1.62. The van der Waals surface area contributed by atoms with Gasteiger partial charge in [-0.05, 0) is 37.3 Å². The topological polar surface area (TPSA) is 144 Å². The highest BCUT2D eigenvalue weighted by Gasteiger charge is 2.30. The molecule has 0 fully saturated rings. The number of hydrogen-bond acceptors (Lipinski definition) is 10. The molecule has 1 aliphatic heterocycles. The fourth-order valence-electron chi connectivity index (χ4n) is 4.53. The van der Waals surface area contributed by atoms with Gasteiger partial charge in [-0.25, -0.2) is 0 Å². The lowest BCUT2D eigenvalue weighted by Gasteiger charge is -2.14. The summed E-state index contributed by atoms with van der Waals surface area (Å²) in [5, 5.41) is 12.3. The van der Waals surface area contributed by atoms with E-state index >= 15 is 0 Å². The fourth-order valence-corrected chi connectivity index (χ4v) is 4.66. The predicted molar refractivity (Wildman–Crippen MR) is 162 cm³/mol. The van der Waals surface area contributed by atoms with E-state index in [2.05, 4.69) is 15.5 Å². The summed E-state index contributed by atoms with van der Waals surface area (Å²) in [6.45, 7) is 6.45. The third-order valence-corrected chi connectivity index (χ3v) is 6.83. The molecule has 232 valence electrons. The first-order valence-electron chi connectivity index (χ1n) is 14.2. The molecule has 0 saturated carbocycles. The van der Waals surface area contributed by atoms with Gasteiger partial charge in [-0.2, -0.15) is 0 Å². The summed E-state index contributed by atoms with van der Waals surface area (Å²) in [6.07, 6.45) is 0.0840. The van der Waals surface area contributed by atoms with E-state index in [4.69, 9.17) is 46.0 Å². The molecular formula is C30H39ClN6O6. The lowest BCUT2D eigenvalue weighted by Crippen LogP contribution is -2.29. The molecule has 1 aliphatic rings. The Morgan fingerprint density at radius 1 is 0.930 bits per heavy atom. The van der Waals surface area contributed by atoms with Crippen LogP contribution < -0.4 is 15.8 Å². The number of aliphatic imine (C=N–C) groups is 1. The Labute approximate surface area is 256 Å². The standard InChI is InChI=1S/C30H39ClN6O6/c1-21-35-36-30-26(20-28(38)33-10-12-41-14-16-43-18-17-42-15-13-40-11-9-32)34-29(22-3-5-23(31)6-4-22)25-19-24(39-2)7-8-27(25)37(21)30/h3-8,19,26H,9-18,20,32H2,1-2H3,(H,33,38). The minimum absolute atomic E-state index is 0.0840. The van der Waals surface area contributed by atoms with E-state index in [1.807, 2.05) is 54.0 Å². The number of carbonyl (C=O) groups is 1. The Morgan fingerprint density at radius 2 is 1.58 bits per heavy atom. The zero-order valence-electron chi connectivity index (χ0n) is 24.6. The first-order valence-corrected chi connectivity index (χ1v) is 14.6. The van der Waals surface area contributed by atoms with Gasteiger partial charge < -0.3 is 34.7 Å². The number of nitrogens with one attached hydrogen (secondary N) is 1. The monoisotopic (exact) mass is 614 g/mol. The number of nitrogens with zero attached hydrogens (tertiary/aromatic N) is 4. The van der Waals surface area contributed by atoms with Gasteiger partial charge in [0.25, 0.3) is 0 Å². The number of benzene rings is 2. The van der Waals surface area contributed by atoms with Crippen LogP contribution in [0.4, 0.5) is 0 Å². The van der Waals surface area contributed by atoms with Crippen LogP contribution in [-0.2, 0) is 23.7 Å². The zero-order valence-corrected chi connectivity index (χ0v) is 25.3. The number of carbonyl (C=O) groups excluding carboxylic acids is 1. The number of halogens is 1. The van der Waals surface area contributed by atoms with Gasteiger partial charge in [0.2, 0.25) is 5.91 Å². The van der Waals surface area contributed by atoms with Crippen molar-refractivity contribution >= 4 is 23.2 Å². The first-order chi connectivity index (χ1) is 21.0. The first kappa shape index (κ1) is 32.5. The van der Waals surface area contributed by atoms with E-state index in [-0.39, 0.29) is 12.3 Å². The summed E-state index contributed by atoms with van der Waals surface area (Å²) >= 11 is 6.17. The Hall–Kier alpha value is -3.39. The zero-order chi connectivity index (χ0) is 30.4. The van der Waals surface area contributed by atoms with Gasteiger partial charge >= 0.3 is 0 Å². The van der Waals surface area contributed by atoms with Crippen LogP contribution in [0.15, 0.2) is 47.5 Å². The van der Waals surface area contributed by atoms with Crippen LogP contribution in [0, 0.1) is 6.92 Å². The molecule has 0 radical (unpaired) electrons. The van der Waals surface area contributed by atoms with E-state index in [1.165, 1.54) is 0 Å². The maximum atomic E-state index is 13.0. The number of hydrogen-bond donors (Lipinski definition) is 2. The van der Waals surface area contributed by atoms with Gasteiger partial charge in [0.15, 0.2) is 5.82 Å². The van der Waals surface area contributed by atoms with Gasteiger partial charge in [-0.15, -0.1) is 10.2 Å². The molecule has 2 heterocycles. The smallest absolute Gasteiger partial charge is 0.222 e. The summed E-state index contributed by atoms with van der Waals surface area (Å²) in [4.78, 5) is 18.1. The van der Waals surface area contributed by atoms with Gasteiger partial charge in [-0.3, -0.25) is 14.4 Å². The molecule has 12 nitrogen and oxygen atoms in total. The molecule has 1 unspecified atom stereocenters. The van der Waals surface area contributed by atoms with Crippen LogP contribution in [0.2, 0.25) is 5.02 Å². The maximum Gasteiger partial charge on any atom is 0.222 e. The summed E-state index contributed by atoms with van der Waals surface area (Å²) in [5.74, 6) is 1.79. The molecule has 1 aromatic heterocycles. The minimum Gasteiger partial charge on any atom is -0.497 e. The van der Waals surface area contributed by atoms with Crippen molar-refractivity contribution in [1.29, 1.82) is 0 Å². The van der Waals surface area contributed by atoms with Crippen LogP contribution in [0.3, 0.4) is 0 Å². The maximum absolute atomic E-state index is 13.0. The van der Waals surface area contributed by atoms with E-state index in [0.717, 1.165) is 16.8 Å². The lowest BCUT2D eigenvalue weighted by atomic mass is 10.00. The number of amides is 1. The van der Waals surface area contributed by atoms with Crippen LogP contribution in [0.5, 0.6) is 5.75 Å². The largest absolute Gasteiger partial charge is 0.497 e. The molecule has 0 aliphatic carbocycles. The van der Waals surface area contributed by atoms with Crippen molar-refractivity contribution in [2.24, 2.45) is 10.7 Å². The van der Waals surface area contributed by atoms with Crippen LogP contribution in [0.1, 0.15) is 35.2 Å². The van der Waals surface area contributed by atoms with Crippen LogP contribution in [0.25, 0.3) is 5.69 Å². The molecule has 2 aromatic carbocycles. The number of nitrogens with two attached hydrogens (primary N) is 1. The Bertz CT molecular complexity index is 1350. The van der Waals surface area contributed by atoms with Crippen molar-refractivity contribution in [2.75, 3.05) is 73.1 Å². The molecule has 4 rings (SSSR count). The molecule has 1 atom stereocenters. The van der Waals surface area contributed by atoms with Crippen molar-refractivity contribution in [3.63, 3.8) is 0 Å². The number of ether oxygens (including phenoxy) is 5. The third kappa shape index (κ3) is 9.30. The van der Waals surface area contributed by atoms with E-state index < -0.39 is 6.04 Å². The number of aromatic nitrogens is 3. The number of aryl methyl sites for hydroxylation is 1. The third-order valence-electron chi connectivity index (χ3n) is 6.58. The Balaban J connectivity index is 1.32. The summed E-state index contributed by atoms with van der Waals surface area (Å²) in [6, 6.07) is 12.7. The van der Waals surface area contributed by atoms with Gasteiger partial charge in [0.1, 0.15) is 17.6 Å². The van der Waals surface area contributed by atoms with Crippen molar-refractivity contribution < 1.29 is 28.5 Å². The van der Waals surface area contributed by atoms with E-state index in [9.17, 15) is 4.79 Å². The highest BCUT2D eigenvalue weighted by atomic mass is 35.5. The molecule has 43 heavy (non-hydrogen) atoms. The lowest BCUT2D eigenvalue weighted by molar-refractivity contribution is -0.121. The van der Waals surface area contributed by atoms with Crippen molar-refractivity contribution in [1.82, 2.24) is 20.1 Å². The van der Waals surface area contributed by atoms with Gasteiger partial charge in [0, 0.05) is 29.2 Å². The molecular weight excluding hydrogens is 576 g/mol. The Kier molecular flexibility index (Phi) is 12.9. The summed E-state index contributed by atoms with van der Waals surface area (Å²) in [5.41, 5.74) is 8.62. The molecule has 0 bridgehead atoms. The normalized spacial score (nSPS) is 14.0. The number of rotatable bonds is 18. The van der Waals surface area contributed by atoms with Gasteiger partial charge in [-0.1, -0.05) is 23.7 Å². The molecule has 3 N–H and O–H groups in total. The highest BCUT2D eigenvalue weighted by Crippen LogP contribution is 2.34. The fraction of sp³-hybridized carbons (Fsp3) is 0.467. The van der Waals surface area contributed by atoms with Crippen molar-refractivity contribution in [2.45, 2.75) is 19.4 Å². The average Bonchev–Trinajstić information content (AvgIpc) is 3.34. The molecule has 1 amide bonds. The SMILES string of the molecule is COc1ccc2c(c1)C(c1ccc(Cl)cc1)=NC(CC(=O)NCCOCCOCCOCCOCCN)c1nnc(C)n1-2. The van der Waals surface area contributed by atoms with Crippen molar-refractivity contribution in [3.05, 3.63) is 70.3 Å². The van der Waals surface area contributed by atoms with E-state index in [0.29, 0.717) is 94.1 Å². The second-order valence-electron chi connectivity index (χ2n) is 9.62. The van der Waals surface area contributed by atoms with Crippen LogP contribution in [-0.4, -0.2) is 99.4 Å². The molecule has 0 spiro atoms. The summed E-state index contributed by atoms with van der Waals surface area (Å²) < 4.78 is 29.2. The highest BCUT2D eigenvalue weighted by molar-refractivity contribution is 6.30. The minimum atomic E-state index is -0.575. The second kappa shape index (κ2) is 17.0. The van der Waals surface area contributed by atoms with Crippen molar-refractivity contribution in [3.8, 4) is 11.4 Å².